The Labute approximate surface area is 181 Å². The van der Waals surface area contributed by atoms with Crippen LogP contribution in [0.15, 0.2) is 59.9 Å². The van der Waals surface area contributed by atoms with Crippen molar-refractivity contribution in [3.8, 4) is 22.4 Å². The maximum atomic E-state index is 4.67. The first-order chi connectivity index (χ1) is 14.8. The molecule has 0 unspecified atom stereocenters. The monoisotopic (exact) mass is 417 g/mol. The third-order valence-corrected chi connectivity index (χ3v) is 5.47. The minimum atomic E-state index is 0.714. The molecule has 4 rings (SSSR count). The summed E-state index contributed by atoms with van der Waals surface area (Å²) in [4.78, 5) is 12.2. The summed E-state index contributed by atoms with van der Waals surface area (Å²) >= 11 is 1.67. The number of rotatable bonds is 5. The Bertz CT molecular complexity index is 1150. The van der Waals surface area contributed by atoms with Crippen LogP contribution in [0.4, 0.5) is 0 Å². The molecule has 3 aromatic heterocycles. The van der Waals surface area contributed by atoms with Gasteiger partial charge in [0.25, 0.3) is 0 Å². The second-order valence-corrected chi connectivity index (χ2v) is 7.19. The van der Waals surface area contributed by atoms with Crippen molar-refractivity contribution in [1.29, 1.82) is 0 Å². The minimum absolute atomic E-state index is 0.714. The van der Waals surface area contributed by atoms with Crippen molar-refractivity contribution in [2.75, 3.05) is 0 Å². The van der Waals surface area contributed by atoms with Gasteiger partial charge in [-0.3, -0.25) is 10.1 Å². The van der Waals surface area contributed by atoms with E-state index in [9.17, 15) is 0 Å². The van der Waals surface area contributed by atoms with Gasteiger partial charge in [0.05, 0.1) is 22.1 Å². The average Bonchev–Trinajstić information content (AvgIpc) is 3.44. The molecule has 30 heavy (non-hydrogen) atoms. The zero-order valence-electron chi connectivity index (χ0n) is 17.8. The molecule has 0 saturated heterocycles. The Balaban J connectivity index is 0.00000124. The van der Waals surface area contributed by atoms with E-state index in [0.717, 1.165) is 43.9 Å². The Hall–Kier alpha value is -3.12. The first kappa shape index (κ1) is 21.6. The highest BCUT2D eigenvalue weighted by Crippen LogP contribution is 2.38. The van der Waals surface area contributed by atoms with E-state index in [1.807, 2.05) is 82.6 Å². The zero-order chi connectivity index (χ0) is 21.3. The molecule has 0 radical (unpaired) electrons. The Morgan fingerprint density at radius 3 is 2.30 bits per heavy atom. The number of hydrogen-bond donors (Lipinski definition) is 2. The van der Waals surface area contributed by atoms with Gasteiger partial charge in [-0.25, -0.2) is 4.98 Å². The van der Waals surface area contributed by atoms with Crippen LogP contribution in [0.1, 0.15) is 33.5 Å². The van der Waals surface area contributed by atoms with Gasteiger partial charge in [0.2, 0.25) is 0 Å². The first-order valence-corrected chi connectivity index (χ1v) is 11.1. The molecule has 0 saturated carbocycles. The van der Waals surface area contributed by atoms with Gasteiger partial charge in [-0.05, 0) is 31.5 Å². The van der Waals surface area contributed by atoms with Crippen LogP contribution in [0.25, 0.3) is 34.5 Å². The van der Waals surface area contributed by atoms with E-state index in [2.05, 4.69) is 37.3 Å². The maximum Gasteiger partial charge on any atom is 0.127 e. The summed E-state index contributed by atoms with van der Waals surface area (Å²) in [5.41, 5.74) is 4.31. The van der Waals surface area contributed by atoms with Crippen molar-refractivity contribution in [2.24, 2.45) is 0 Å². The minimum Gasteiger partial charge on any atom is -0.342 e. The van der Waals surface area contributed by atoms with E-state index in [1.165, 1.54) is 0 Å². The molecule has 0 amide bonds. The fourth-order valence-corrected chi connectivity index (χ4v) is 4.01. The second-order valence-electron chi connectivity index (χ2n) is 6.23. The molecule has 1 aromatic carbocycles. The molecular formula is C24H27N5S. The molecule has 0 fully saturated rings. The van der Waals surface area contributed by atoms with Gasteiger partial charge in [-0.1, -0.05) is 68.1 Å². The molecule has 0 bridgehead atoms. The van der Waals surface area contributed by atoms with Crippen LogP contribution in [-0.2, 0) is 5.75 Å². The molecule has 0 spiro atoms. The molecule has 0 aliphatic carbocycles. The predicted octanol–water partition coefficient (Wildman–Crippen LogP) is 4.78. The first-order valence-electron chi connectivity index (χ1n) is 10.1. The molecule has 0 aliphatic rings. The van der Waals surface area contributed by atoms with Gasteiger partial charge in [-0.15, -0.1) is 0 Å². The van der Waals surface area contributed by atoms with Crippen LogP contribution >= 0.6 is 11.8 Å². The summed E-state index contributed by atoms with van der Waals surface area (Å²) in [6.07, 6.45) is 7.68. The van der Waals surface area contributed by atoms with Gasteiger partial charge >= 0.3 is 0 Å². The Morgan fingerprint density at radius 2 is 1.67 bits per heavy atom. The van der Waals surface area contributed by atoms with Crippen LogP contribution < -0.4 is 10.7 Å². The summed E-state index contributed by atoms with van der Waals surface area (Å²) < 4.78 is 0. The van der Waals surface area contributed by atoms with Crippen LogP contribution in [-0.4, -0.2) is 25.1 Å². The molecule has 4 aromatic rings. The number of H-pyrrole nitrogens is 2. The lowest BCUT2D eigenvalue weighted by Gasteiger charge is -2.06. The Kier molecular flexibility index (Phi) is 7.63. The second kappa shape index (κ2) is 10.6. The van der Waals surface area contributed by atoms with E-state index >= 15 is 0 Å². The maximum absolute atomic E-state index is 4.67. The average molecular weight is 418 g/mol. The van der Waals surface area contributed by atoms with Crippen molar-refractivity contribution >= 4 is 23.9 Å². The van der Waals surface area contributed by atoms with E-state index < -0.39 is 0 Å². The molecule has 6 heteroatoms. The van der Waals surface area contributed by atoms with Crippen molar-refractivity contribution in [3.63, 3.8) is 0 Å². The van der Waals surface area contributed by atoms with Crippen molar-refractivity contribution in [1.82, 2.24) is 25.1 Å². The number of benzene rings is 1. The lowest BCUT2D eigenvalue weighted by atomic mass is 10.0. The van der Waals surface area contributed by atoms with Gasteiger partial charge in [-0.2, -0.15) is 5.10 Å². The lowest BCUT2D eigenvalue weighted by Crippen LogP contribution is -2.23. The zero-order valence-corrected chi connectivity index (χ0v) is 18.6. The summed E-state index contributed by atoms with van der Waals surface area (Å²) in [5, 5.41) is 10.8. The number of hydrogen-bond acceptors (Lipinski definition) is 4. The van der Waals surface area contributed by atoms with Crippen molar-refractivity contribution < 1.29 is 0 Å². The highest BCUT2D eigenvalue weighted by Gasteiger charge is 2.17. The highest BCUT2D eigenvalue weighted by molar-refractivity contribution is 7.98. The topological polar surface area (TPSA) is 70.2 Å². The van der Waals surface area contributed by atoms with Crippen LogP contribution in [0.2, 0.25) is 0 Å². The van der Waals surface area contributed by atoms with E-state index in [1.54, 1.807) is 11.8 Å². The number of aromatic nitrogens is 5. The third-order valence-electron chi connectivity index (χ3n) is 4.48. The number of imidazole rings is 1. The number of nitrogens with zero attached hydrogens (tertiary/aromatic N) is 3. The van der Waals surface area contributed by atoms with E-state index in [4.69, 9.17) is 0 Å². The SMILES string of the molecule is C/C=c1/nc(CSc2n[nH]c(-c3ccccc3)c2-c2ccncc2)[nH]/c1=C/C.CC. The summed E-state index contributed by atoms with van der Waals surface area (Å²) in [6.45, 7) is 8.01. The number of thioether (sulfide) groups is 1. The predicted molar refractivity (Wildman–Crippen MR) is 126 cm³/mol. The van der Waals surface area contributed by atoms with Gasteiger partial charge in [0, 0.05) is 23.5 Å². The number of aromatic amines is 2. The van der Waals surface area contributed by atoms with E-state index in [-0.39, 0.29) is 0 Å². The van der Waals surface area contributed by atoms with E-state index in [0.29, 0.717) is 5.75 Å². The smallest absolute Gasteiger partial charge is 0.127 e. The molecule has 0 aliphatic heterocycles. The van der Waals surface area contributed by atoms with Gasteiger partial charge in [0.15, 0.2) is 0 Å². The fourth-order valence-electron chi connectivity index (χ4n) is 3.13. The molecule has 3 heterocycles. The summed E-state index contributed by atoms with van der Waals surface area (Å²) in [7, 11) is 0. The molecule has 0 atom stereocenters. The van der Waals surface area contributed by atoms with Crippen molar-refractivity contribution in [3.05, 3.63) is 71.4 Å². The number of nitrogens with one attached hydrogen (secondary N) is 2. The number of pyridine rings is 1. The molecule has 5 nitrogen and oxygen atoms in total. The van der Waals surface area contributed by atoms with Crippen LogP contribution in [0, 0.1) is 0 Å². The molecule has 154 valence electrons. The summed E-state index contributed by atoms with van der Waals surface area (Å²) in [6, 6.07) is 14.3. The normalized spacial score (nSPS) is 12.0. The summed E-state index contributed by atoms with van der Waals surface area (Å²) in [5.74, 6) is 1.66. The van der Waals surface area contributed by atoms with Gasteiger partial charge < -0.3 is 4.98 Å². The quantitative estimate of drug-likeness (QED) is 0.459. The molecule has 2 N–H and O–H groups in total. The standard InChI is InChI=1S/C22H21N5S.C2H6/c1-3-17-18(4-2)25-19(24-17)14-28-22-20(15-10-12-23-13-11-15)21(26-27-22)16-8-6-5-7-9-16;1-2/h3-13H,14H2,1-2H3,(H,24,25)(H,26,27);1-2H3/b17-3+,18-4+;. The van der Waals surface area contributed by atoms with Crippen LogP contribution in [0.5, 0.6) is 0 Å². The fraction of sp³-hybridized carbons (Fsp3) is 0.208. The Morgan fingerprint density at radius 1 is 0.933 bits per heavy atom. The van der Waals surface area contributed by atoms with Crippen molar-refractivity contribution in [2.45, 2.75) is 38.5 Å². The van der Waals surface area contributed by atoms with Gasteiger partial charge in [0.1, 0.15) is 10.9 Å². The molecular weight excluding hydrogens is 390 g/mol. The highest BCUT2D eigenvalue weighted by atomic mass is 32.2. The lowest BCUT2D eigenvalue weighted by molar-refractivity contribution is 1.00. The largest absolute Gasteiger partial charge is 0.342 e. The third kappa shape index (κ3) is 4.71. The van der Waals surface area contributed by atoms with Crippen LogP contribution in [0.3, 0.4) is 0 Å².